The van der Waals surface area contributed by atoms with Gasteiger partial charge in [0.05, 0.1) is 0 Å². The molecule has 1 N–H and O–H groups in total. The van der Waals surface area contributed by atoms with Gasteiger partial charge in [0, 0.05) is 54.8 Å². The van der Waals surface area contributed by atoms with Crippen LogP contribution in [0.5, 0.6) is 0 Å². The van der Waals surface area contributed by atoms with E-state index in [1.54, 1.807) is 0 Å². The first kappa shape index (κ1) is 10.8. The van der Waals surface area contributed by atoms with Gasteiger partial charge in [0.2, 0.25) is 0 Å². The van der Waals surface area contributed by atoms with Crippen molar-refractivity contribution in [2.75, 3.05) is 5.32 Å². The van der Waals surface area contributed by atoms with E-state index in [1.807, 2.05) is 25.5 Å². The summed E-state index contributed by atoms with van der Waals surface area (Å²) < 4.78 is 2.06. The first-order chi connectivity index (χ1) is 8.83. The molecule has 2 aromatic heterocycles. The predicted octanol–water partition coefficient (Wildman–Crippen LogP) is 3.19. The number of rotatable bonds is 3. The summed E-state index contributed by atoms with van der Waals surface area (Å²) >= 11 is 0. The van der Waals surface area contributed by atoms with Gasteiger partial charge in [0.25, 0.3) is 0 Å². The Labute approximate surface area is 106 Å². The Morgan fingerprint density at radius 3 is 3.00 bits per heavy atom. The third kappa shape index (κ3) is 2.07. The average Bonchev–Trinajstić information content (AvgIpc) is 2.82. The molecule has 0 aliphatic carbocycles. The molecule has 3 nitrogen and oxygen atoms in total. The second-order valence-corrected chi connectivity index (χ2v) is 4.44. The molecule has 18 heavy (non-hydrogen) atoms. The van der Waals surface area contributed by atoms with Gasteiger partial charge in [0.15, 0.2) is 0 Å². The first-order valence-corrected chi connectivity index (χ1v) is 6.00. The fraction of sp³-hybridized carbons (Fsp3) is 0.133. The van der Waals surface area contributed by atoms with Crippen LogP contribution in [0.15, 0.2) is 55.1 Å². The summed E-state index contributed by atoms with van der Waals surface area (Å²) in [6.07, 6.45) is 7.91. The van der Waals surface area contributed by atoms with Gasteiger partial charge in [-0.05, 0) is 23.8 Å². The molecule has 0 atom stereocenters. The normalized spacial score (nSPS) is 10.7. The molecule has 0 aliphatic heterocycles. The molecular weight excluding hydrogens is 222 g/mol. The molecule has 0 amide bonds. The van der Waals surface area contributed by atoms with E-state index in [9.17, 15) is 0 Å². The van der Waals surface area contributed by atoms with E-state index < -0.39 is 0 Å². The number of nitrogens with one attached hydrogen (secondary N) is 1. The Hall–Kier alpha value is -2.29. The van der Waals surface area contributed by atoms with Crippen LogP contribution in [0, 0.1) is 0 Å². The van der Waals surface area contributed by atoms with Crippen LogP contribution in [0.4, 0.5) is 5.69 Å². The number of fused-ring (bicyclic) bond motifs is 1. The van der Waals surface area contributed by atoms with Gasteiger partial charge in [0.1, 0.15) is 0 Å². The van der Waals surface area contributed by atoms with E-state index in [0.717, 1.165) is 17.6 Å². The van der Waals surface area contributed by atoms with Crippen LogP contribution in [0.25, 0.3) is 10.8 Å². The van der Waals surface area contributed by atoms with Crippen LogP contribution in [-0.4, -0.2) is 9.55 Å². The maximum absolute atomic E-state index is 4.14. The summed E-state index contributed by atoms with van der Waals surface area (Å²) in [6, 6.07) is 10.4. The number of nitrogens with zero attached hydrogens (tertiary/aromatic N) is 2. The highest BCUT2D eigenvalue weighted by Crippen LogP contribution is 2.22. The van der Waals surface area contributed by atoms with Crippen LogP contribution in [-0.2, 0) is 13.6 Å². The summed E-state index contributed by atoms with van der Waals surface area (Å²) in [4.78, 5) is 4.14. The molecule has 0 unspecified atom stereocenters. The first-order valence-electron chi connectivity index (χ1n) is 6.00. The van der Waals surface area contributed by atoms with Crippen molar-refractivity contribution >= 4 is 16.5 Å². The number of benzene rings is 1. The molecule has 0 bridgehead atoms. The quantitative estimate of drug-likeness (QED) is 0.758. The number of anilines is 1. The van der Waals surface area contributed by atoms with E-state index >= 15 is 0 Å². The van der Waals surface area contributed by atoms with E-state index in [1.165, 1.54) is 10.9 Å². The Morgan fingerprint density at radius 1 is 1.22 bits per heavy atom. The Bertz CT molecular complexity index is 665. The standard InChI is InChI=1S/C15H15N3/c1-18-8-6-12(11-18)9-17-15-4-2-3-13-10-16-7-5-14(13)15/h2-8,10-11,17H,9H2,1H3. The minimum atomic E-state index is 0.836. The van der Waals surface area contributed by atoms with Crippen LogP contribution in [0.3, 0.4) is 0 Å². The van der Waals surface area contributed by atoms with Gasteiger partial charge >= 0.3 is 0 Å². The number of hydrogen-bond donors (Lipinski definition) is 1. The van der Waals surface area contributed by atoms with Crippen LogP contribution in [0.1, 0.15) is 5.56 Å². The fourth-order valence-corrected chi connectivity index (χ4v) is 2.14. The molecular formula is C15H15N3. The third-order valence-electron chi connectivity index (χ3n) is 3.06. The Morgan fingerprint density at radius 2 is 2.17 bits per heavy atom. The van der Waals surface area contributed by atoms with Crippen molar-refractivity contribution in [3.05, 3.63) is 60.7 Å². The highest BCUT2D eigenvalue weighted by Gasteiger charge is 2.00. The van der Waals surface area contributed by atoms with E-state index in [2.05, 4.69) is 51.5 Å². The van der Waals surface area contributed by atoms with Crippen LogP contribution in [0.2, 0.25) is 0 Å². The number of aromatic nitrogens is 2. The van der Waals surface area contributed by atoms with Crippen molar-refractivity contribution in [3.8, 4) is 0 Å². The van der Waals surface area contributed by atoms with Crippen molar-refractivity contribution in [1.29, 1.82) is 0 Å². The monoisotopic (exact) mass is 237 g/mol. The van der Waals surface area contributed by atoms with Gasteiger partial charge in [-0.1, -0.05) is 12.1 Å². The molecule has 0 saturated carbocycles. The summed E-state index contributed by atoms with van der Waals surface area (Å²) in [5.74, 6) is 0. The lowest BCUT2D eigenvalue weighted by molar-refractivity contribution is 0.920. The summed E-state index contributed by atoms with van der Waals surface area (Å²) in [7, 11) is 2.03. The zero-order valence-electron chi connectivity index (χ0n) is 10.3. The number of hydrogen-bond acceptors (Lipinski definition) is 2. The third-order valence-corrected chi connectivity index (χ3v) is 3.06. The Kier molecular flexibility index (Phi) is 2.73. The smallest absolute Gasteiger partial charge is 0.0423 e. The van der Waals surface area contributed by atoms with Gasteiger partial charge < -0.3 is 9.88 Å². The largest absolute Gasteiger partial charge is 0.380 e. The van der Waals surface area contributed by atoms with E-state index in [4.69, 9.17) is 0 Å². The highest BCUT2D eigenvalue weighted by molar-refractivity contribution is 5.93. The lowest BCUT2D eigenvalue weighted by atomic mass is 10.1. The van der Waals surface area contributed by atoms with Gasteiger partial charge in [-0.2, -0.15) is 0 Å². The van der Waals surface area contributed by atoms with Crippen LogP contribution < -0.4 is 5.32 Å². The molecule has 3 aromatic rings. The molecule has 0 spiro atoms. The summed E-state index contributed by atoms with van der Waals surface area (Å²) in [6.45, 7) is 0.836. The molecule has 0 radical (unpaired) electrons. The van der Waals surface area contributed by atoms with Crippen molar-refractivity contribution in [1.82, 2.24) is 9.55 Å². The van der Waals surface area contributed by atoms with E-state index in [0.29, 0.717) is 0 Å². The molecule has 0 saturated heterocycles. The van der Waals surface area contributed by atoms with Gasteiger partial charge in [-0.15, -0.1) is 0 Å². The SMILES string of the molecule is Cn1ccc(CNc2cccc3cnccc23)c1. The topological polar surface area (TPSA) is 29.9 Å². The summed E-state index contributed by atoms with van der Waals surface area (Å²) in [5.41, 5.74) is 2.43. The van der Waals surface area contributed by atoms with Gasteiger partial charge in [-0.3, -0.25) is 4.98 Å². The number of aryl methyl sites for hydroxylation is 1. The zero-order valence-corrected chi connectivity index (χ0v) is 10.3. The Balaban J connectivity index is 1.86. The van der Waals surface area contributed by atoms with Crippen molar-refractivity contribution in [2.45, 2.75) is 6.54 Å². The molecule has 1 aromatic carbocycles. The maximum atomic E-state index is 4.14. The van der Waals surface area contributed by atoms with Crippen molar-refractivity contribution in [3.63, 3.8) is 0 Å². The second kappa shape index (κ2) is 4.53. The molecule has 90 valence electrons. The second-order valence-electron chi connectivity index (χ2n) is 4.44. The zero-order chi connectivity index (χ0) is 12.4. The lowest BCUT2D eigenvalue weighted by Crippen LogP contribution is -1.99. The van der Waals surface area contributed by atoms with Crippen LogP contribution >= 0.6 is 0 Å². The molecule has 0 fully saturated rings. The van der Waals surface area contributed by atoms with E-state index in [-0.39, 0.29) is 0 Å². The van der Waals surface area contributed by atoms with Gasteiger partial charge in [-0.25, -0.2) is 0 Å². The average molecular weight is 237 g/mol. The summed E-state index contributed by atoms with van der Waals surface area (Å²) in [5, 5.41) is 5.85. The fourth-order valence-electron chi connectivity index (χ4n) is 2.14. The predicted molar refractivity (Wildman–Crippen MR) is 74.5 cm³/mol. The molecule has 3 rings (SSSR count). The van der Waals surface area contributed by atoms with Crippen molar-refractivity contribution in [2.24, 2.45) is 7.05 Å². The molecule has 0 aliphatic rings. The van der Waals surface area contributed by atoms with Crippen molar-refractivity contribution < 1.29 is 0 Å². The molecule has 2 heterocycles. The maximum Gasteiger partial charge on any atom is 0.0423 e. The number of pyridine rings is 1. The lowest BCUT2D eigenvalue weighted by Gasteiger charge is -2.08. The minimum absolute atomic E-state index is 0.836. The highest BCUT2D eigenvalue weighted by atomic mass is 14.9. The molecule has 3 heteroatoms. The minimum Gasteiger partial charge on any atom is -0.380 e.